The predicted molar refractivity (Wildman–Crippen MR) is 103 cm³/mol. The van der Waals surface area contributed by atoms with Crippen molar-refractivity contribution in [2.45, 2.75) is 45.1 Å². The summed E-state index contributed by atoms with van der Waals surface area (Å²) in [5.41, 5.74) is 3.35. The van der Waals surface area contributed by atoms with E-state index in [9.17, 15) is 0 Å². The topological polar surface area (TPSA) is 53.9 Å². The molecule has 4 heterocycles. The summed E-state index contributed by atoms with van der Waals surface area (Å²) in [4.78, 5) is 19.2. The Morgan fingerprint density at radius 3 is 2.65 bits per heavy atom. The van der Waals surface area contributed by atoms with Crippen molar-refractivity contribution in [3.63, 3.8) is 0 Å². The van der Waals surface area contributed by atoms with Crippen LogP contribution in [0.4, 0.5) is 11.5 Å². The molecule has 0 radical (unpaired) electrons. The van der Waals surface area contributed by atoms with E-state index in [2.05, 4.69) is 40.5 Å². The van der Waals surface area contributed by atoms with Crippen LogP contribution in [0.1, 0.15) is 39.3 Å². The summed E-state index contributed by atoms with van der Waals surface area (Å²) in [6.45, 7) is 12.2. The largest absolute Gasteiger partial charge is 0.378 e. The van der Waals surface area contributed by atoms with Gasteiger partial charge in [-0.2, -0.15) is 4.98 Å². The Morgan fingerprint density at radius 1 is 1.15 bits per heavy atom. The summed E-state index contributed by atoms with van der Waals surface area (Å²) >= 11 is 6.36. The standard InChI is InChI=1S/C19H26ClN5O/c1-12(2)25-6-4-5-19(11-25)16-18(19,3)14-13(21-16)15(23-17(20)22-14)24-7-9-26-10-8-24/h12H,4-11H2,1-3H3. The second-order valence-corrected chi connectivity index (χ2v) is 8.79. The zero-order valence-electron chi connectivity index (χ0n) is 15.8. The molecule has 2 saturated heterocycles. The molecule has 1 saturated carbocycles. The molecule has 1 spiro atoms. The zero-order chi connectivity index (χ0) is 18.1. The van der Waals surface area contributed by atoms with Crippen LogP contribution in [0.5, 0.6) is 0 Å². The summed E-state index contributed by atoms with van der Waals surface area (Å²) < 4.78 is 5.49. The maximum absolute atomic E-state index is 6.36. The van der Waals surface area contributed by atoms with E-state index in [1.54, 1.807) is 0 Å². The number of morpholine rings is 1. The second-order valence-electron chi connectivity index (χ2n) is 8.45. The minimum atomic E-state index is -0.0799. The van der Waals surface area contributed by atoms with Gasteiger partial charge in [0.2, 0.25) is 5.28 Å². The Morgan fingerprint density at radius 2 is 1.92 bits per heavy atom. The number of hydrogen-bond acceptors (Lipinski definition) is 6. The lowest BCUT2D eigenvalue weighted by Gasteiger charge is -2.38. The molecule has 6 nitrogen and oxygen atoms in total. The van der Waals surface area contributed by atoms with Crippen molar-refractivity contribution in [1.82, 2.24) is 14.9 Å². The number of halogens is 1. The summed E-state index contributed by atoms with van der Waals surface area (Å²) in [6.07, 6.45) is 2.41. The van der Waals surface area contributed by atoms with Crippen LogP contribution < -0.4 is 4.90 Å². The van der Waals surface area contributed by atoms with Gasteiger partial charge in [0.15, 0.2) is 5.82 Å². The monoisotopic (exact) mass is 375 g/mol. The molecule has 1 aromatic rings. The first-order valence-corrected chi connectivity index (χ1v) is 10.1. The normalized spacial score (nSPS) is 33.4. The molecule has 2 unspecified atom stereocenters. The molecule has 140 valence electrons. The lowest BCUT2D eigenvalue weighted by atomic mass is 9.83. The lowest BCUT2D eigenvalue weighted by molar-refractivity contribution is 0.121. The van der Waals surface area contributed by atoms with Crippen molar-refractivity contribution >= 4 is 28.8 Å². The molecular weight excluding hydrogens is 350 g/mol. The molecule has 7 heteroatoms. The van der Waals surface area contributed by atoms with E-state index in [4.69, 9.17) is 21.3 Å². The Labute approximate surface area is 159 Å². The van der Waals surface area contributed by atoms with Crippen molar-refractivity contribution in [3.8, 4) is 0 Å². The van der Waals surface area contributed by atoms with Gasteiger partial charge in [0.05, 0.1) is 24.3 Å². The number of ether oxygens (including phenoxy) is 1. The summed E-state index contributed by atoms with van der Waals surface area (Å²) in [5, 5.41) is 0.335. The van der Waals surface area contributed by atoms with Crippen LogP contribution in [0.2, 0.25) is 5.28 Å². The molecule has 4 aliphatic rings. The third-order valence-corrected chi connectivity index (χ3v) is 7.09. The second kappa shape index (κ2) is 5.63. The molecule has 0 bridgehead atoms. The zero-order valence-corrected chi connectivity index (χ0v) is 16.5. The third kappa shape index (κ3) is 2.09. The molecule has 2 atom stereocenters. The number of anilines is 1. The van der Waals surface area contributed by atoms with Crippen LogP contribution in [0.3, 0.4) is 0 Å². The van der Waals surface area contributed by atoms with Crippen LogP contribution in [0.15, 0.2) is 4.99 Å². The molecule has 1 aliphatic carbocycles. The smallest absolute Gasteiger partial charge is 0.224 e. The third-order valence-electron chi connectivity index (χ3n) is 6.92. The molecule has 5 rings (SSSR count). The van der Waals surface area contributed by atoms with Crippen molar-refractivity contribution in [3.05, 3.63) is 11.0 Å². The Kier molecular flexibility index (Phi) is 3.66. The van der Waals surface area contributed by atoms with Gasteiger partial charge in [0.25, 0.3) is 0 Å². The highest BCUT2D eigenvalue weighted by Gasteiger charge is 2.76. The van der Waals surface area contributed by atoms with Gasteiger partial charge in [-0.25, -0.2) is 4.98 Å². The maximum atomic E-state index is 6.36. The van der Waals surface area contributed by atoms with Gasteiger partial charge in [-0.05, 0) is 51.8 Å². The first-order valence-electron chi connectivity index (χ1n) is 9.72. The highest BCUT2D eigenvalue weighted by molar-refractivity contribution is 6.29. The fourth-order valence-electron chi connectivity index (χ4n) is 5.30. The number of fused-ring (bicyclic) bond motifs is 5. The minimum absolute atomic E-state index is 0.0799. The number of rotatable bonds is 2. The van der Waals surface area contributed by atoms with Gasteiger partial charge in [-0.1, -0.05) is 0 Å². The number of aliphatic imine (C=N–C) groups is 1. The average molecular weight is 376 g/mol. The van der Waals surface area contributed by atoms with Crippen molar-refractivity contribution < 1.29 is 4.74 Å². The lowest BCUT2D eigenvalue weighted by Crippen LogP contribution is -2.43. The van der Waals surface area contributed by atoms with Gasteiger partial charge < -0.3 is 9.64 Å². The SMILES string of the molecule is CC(C)N1CCCC2(C1)C1=Nc3c(N4CCOCC4)nc(Cl)nc3C12C. The summed E-state index contributed by atoms with van der Waals surface area (Å²) in [5.74, 6) is 0.885. The molecule has 0 N–H and O–H groups in total. The molecule has 26 heavy (non-hydrogen) atoms. The number of nitrogens with zero attached hydrogens (tertiary/aromatic N) is 5. The number of likely N-dealkylation sites (tertiary alicyclic amines) is 1. The molecule has 1 aromatic heterocycles. The Hall–Kier alpha value is -1.24. The summed E-state index contributed by atoms with van der Waals surface area (Å²) in [6, 6.07) is 0.565. The van der Waals surface area contributed by atoms with Crippen molar-refractivity contribution in [2.75, 3.05) is 44.3 Å². The van der Waals surface area contributed by atoms with Gasteiger partial charge in [-0.3, -0.25) is 9.89 Å². The highest BCUT2D eigenvalue weighted by Crippen LogP contribution is 2.70. The van der Waals surface area contributed by atoms with E-state index in [0.29, 0.717) is 11.3 Å². The first-order chi connectivity index (χ1) is 12.5. The predicted octanol–water partition coefficient (Wildman–Crippen LogP) is 2.81. The van der Waals surface area contributed by atoms with Crippen molar-refractivity contribution in [1.29, 1.82) is 0 Å². The van der Waals surface area contributed by atoms with Crippen LogP contribution >= 0.6 is 11.6 Å². The Bertz CT molecular complexity index is 790. The van der Waals surface area contributed by atoms with Gasteiger partial charge in [-0.15, -0.1) is 0 Å². The number of hydrogen-bond donors (Lipinski definition) is 0. The first kappa shape index (κ1) is 16.9. The fourth-order valence-corrected chi connectivity index (χ4v) is 5.47. The number of aromatic nitrogens is 2. The van der Waals surface area contributed by atoms with E-state index < -0.39 is 0 Å². The molecular formula is C19H26ClN5O. The Balaban J connectivity index is 1.55. The maximum Gasteiger partial charge on any atom is 0.224 e. The van der Waals surface area contributed by atoms with E-state index in [1.807, 2.05) is 0 Å². The van der Waals surface area contributed by atoms with E-state index in [-0.39, 0.29) is 10.8 Å². The molecule has 3 aliphatic heterocycles. The highest BCUT2D eigenvalue weighted by atomic mass is 35.5. The number of piperidine rings is 1. The van der Waals surface area contributed by atoms with E-state index in [0.717, 1.165) is 50.0 Å². The van der Waals surface area contributed by atoms with Gasteiger partial charge in [0, 0.05) is 36.8 Å². The van der Waals surface area contributed by atoms with Gasteiger partial charge >= 0.3 is 0 Å². The minimum Gasteiger partial charge on any atom is -0.378 e. The fraction of sp³-hybridized carbons (Fsp3) is 0.737. The molecule has 3 fully saturated rings. The molecule has 0 amide bonds. The molecule has 0 aromatic carbocycles. The van der Waals surface area contributed by atoms with Crippen LogP contribution in [0.25, 0.3) is 0 Å². The van der Waals surface area contributed by atoms with Crippen molar-refractivity contribution in [2.24, 2.45) is 10.4 Å². The van der Waals surface area contributed by atoms with E-state index in [1.165, 1.54) is 25.1 Å². The van der Waals surface area contributed by atoms with Crippen LogP contribution in [0, 0.1) is 5.41 Å². The van der Waals surface area contributed by atoms with E-state index >= 15 is 0 Å². The van der Waals surface area contributed by atoms with Gasteiger partial charge in [0.1, 0.15) is 5.69 Å². The quantitative estimate of drug-likeness (QED) is 0.744. The average Bonchev–Trinajstić information content (AvgIpc) is 2.94. The summed E-state index contributed by atoms with van der Waals surface area (Å²) in [7, 11) is 0. The van der Waals surface area contributed by atoms with Crippen LogP contribution in [-0.2, 0) is 10.2 Å². The van der Waals surface area contributed by atoms with Crippen LogP contribution in [-0.4, -0.2) is 66.0 Å².